The Labute approximate surface area is 205 Å². The fourth-order valence-electron chi connectivity index (χ4n) is 4.28. The number of methoxy groups -OCH3 is 1. The molecule has 0 spiro atoms. The van der Waals surface area contributed by atoms with Gasteiger partial charge in [-0.3, -0.25) is 4.98 Å². The molecule has 1 aromatic heterocycles. The highest BCUT2D eigenvalue weighted by atomic mass is 35.5. The minimum Gasteiger partial charge on any atom is -0.497 e. The van der Waals surface area contributed by atoms with Gasteiger partial charge >= 0.3 is 0 Å². The summed E-state index contributed by atoms with van der Waals surface area (Å²) in [4.78, 5) is 4.75. The van der Waals surface area contributed by atoms with Crippen molar-refractivity contribution in [2.24, 2.45) is 0 Å². The summed E-state index contributed by atoms with van der Waals surface area (Å²) in [5.74, 6) is 0.744. The normalized spacial score (nSPS) is 10.8. The van der Waals surface area contributed by atoms with Crippen LogP contribution in [0, 0.1) is 6.92 Å². The lowest BCUT2D eigenvalue weighted by molar-refractivity contribution is 0.415. The van der Waals surface area contributed by atoms with Crippen molar-refractivity contribution in [2.45, 2.75) is 6.92 Å². The van der Waals surface area contributed by atoms with Crippen LogP contribution in [0.2, 0.25) is 5.02 Å². The molecule has 0 radical (unpaired) electrons. The molecule has 5 aromatic rings. The second-order valence-corrected chi connectivity index (χ2v) is 8.69. The van der Waals surface area contributed by atoms with Gasteiger partial charge < -0.3 is 4.74 Å². The van der Waals surface area contributed by atoms with Gasteiger partial charge in [0.15, 0.2) is 0 Å². The van der Waals surface area contributed by atoms with Crippen LogP contribution in [0.1, 0.15) is 5.56 Å². The molecule has 166 valence electrons. The second-order valence-electron chi connectivity index (χ2n) is 8.25. The number of aryl methyl sites for hydroxylation is 1. The van der Waals surface area contributed by atoms with Gasteiger partial charge in [0.25, 0.3) is 0 Å². The zero-order valence-corrected chi connectivity index (χ0v) is 19.9. The molecule has 0 N–H and O–H groups in total. The summed E-state index contributed by atoms with van der Waals surface area (Å²) in [6.07, 6.45) is 1.97. The van der Waals surface area contributed by atoms with E-state index in [9.17, 15) is 0 Å². The summed E-state index contributed by atoms with van der Waals surface area (Å²) >= 11 is 6.34. The molecule has 3 heteroatoms. The molecule has 0 aliphatic rings. The fraction of sp³-hybridized carbons (Fsp3) is 0.0645. The van der Waals surface area contributed by atoms with Crippen LogP contribution < -0.4 is 4.74 Å². The molecule has 0 aliphatic carbocycles. The summed E-state index contributed by atoms with van der Waals surface area (Å²) in [5, 5.41) is 0.653. The first-order valence-corrected chi connectivity index (χ1v) is 11.6. The Morgan fingerprint density at radius 2 is 1.24 bits per heavy atom. The molecule has 1 heterocycles. The highest BCUT2D eigenvalue weighted by molar-refractivity contribution is 6.31. The Hall–Kier alpha value is -3.88. The third-order valence-electron chi connectivity index (χ3n) is 6.03. The van der Waals surface area contributed by atoms with Crippen LogP contribution in [0.5, 0.6) is 5.75 Å². The summed E-state index contributed by atoms with van der Waals surface area (Å²) in [6.45, 7) is 2.14. The van der Waals surface area contributed by atoms with Crippen molar-refractivity contribution in [3.63, 3.8) is 0 Å². The van der Waals surface area contributed by atoms with E-state index < -0.39 is 0 Å². The van der Waals surface area contributed by atoms with Crippen molar-refractivity contribution in [3.8, 4) is 50.4 Å². The fourth-order valence-corrected chi connectivity index (χ4v) is 4.50. The highest BCUT2D eigenvalue weighted by Crippen LogP contribution is 2.36. The average molecular weight is 462 g/mol. The van der Waals surface area contributed by atoms with Gasteiger partial charge in [0.2, 0.25) is 0 Å². The monoisotopic (exact) mass is 461 g/mol. The van der Waals surface area contributed by atoms with E-state index in [1.165, 1.54) is 11.1 Å². The Morgan fingerprint density at radius 1 is 0.618 bits per heavy atom. The minimum atomic E-state index is 0.653. The Bertz CT molecular complexity index is 1440. The summed E-state index contributed by atoms with van der Waals surface area (Å²) < 4.78 is 5.42. The topological polar surface area (TPSA) is 22.1 Å². The van der Waals surface area contributed by atoms with Crippen molar-refractivity contribution < 1.29 is 4.74 Å². The smallest absolute Gasteiger partial charge is 0.120 e. The van der Waals surface area contributed by atoms with E-state index in [2.05, 4.69) is 79.7 Å². The van der Waals surface area contributed by atoms with E-state index in [1.54, 1.807) is 7.11 Å². The number of halogens is 1. The van der Waals surface area contributed by atoms with Gasteiger partial charge in [0.05, 0.1) is 12.8 Å². The van der Waals surface area contributed by atoms with Crippen LogP contribution in [0.3, 0.4) is 0 Å². The van der Waals surface area contributed by atoms with Gasteiger partial charge in [0, 0.05) is 22.3 Å². The quantitative estimate of drug-likeness (QED) is 0.261. The average Bonchev–Trinajstić information content (AvgIpc) is 2.89. The maximum Gasteiger partial charge on any atom is 0.120 e. The molecule has 0 bridgehead atoms. The Kier molecular flexibility index (Phi) is 6.16. The van der Waals surface area contributed by atoms with E-state index >= 15 is 0 Å². The lowest BCUT2D eigenvalue weighted by Gasteiger charge is -2.13. The van der Waals surface area contributed by atoms with Crippen molar-refractivity contribution in [1.29, 1.82) is 0 Å². The molecule has 4 aromatic carbocycles. The maximum atomic E-state index is 6.34. The number of rotatable bonds is 5. The molecule has 0 amide bonds. The molecule has 5 rings (SSSR count). The van der Waals surface area contributed by atoms with Gasteiger partial charge in [-0.05, 0) is 64.6 Å². The van der Waals surface area contributed by atoms with E-state index in [0.29, 0.717) is 5.02 Å². The van der Waals surface area contributed by atoms with E-state index in [0.717, 1.165) is 44.8 Å². The highest BCUT2D eigenvalue weighted by Gasteiger charge is 2.11. The first-order chi connectivity index (χ1) is 16.6. The number of pyridine rings is 1. The molecule has 2 nitrogen and oxygen atoms in total. The number of benzene rings is 4. The lowest BCUT2D eigenvalue weighted by Crippen LogP contribution is -1.90. The van der Waals surface area contributed by atoms with Crippen molar-refractivity contribution in [2.75, 3.05) is 7.11 Å². The number of nitrogens with zero attached hydrogens (tertiary/aromatic N) is 1. The van der Waals surface area contributed by atoms with Gasteiger partial charge in [-0.2, -0.15) is 0 Å². The first-order valence-electron chi connectivity index (χ1n) is 11.2. The molecular weight excluding hydrogens is 438 g/mol. The van der Waals surface area contributed by atoms with Crippen LogP contribution in [0.4, 0.5) is 0 Å². The summed E-state index contributed by atoms with van der Waals surface area (Å²) in [5.41, 5.74) is 10.0. The molecule has 34 heavy (non-hydrogen) atoms. The van der Waals surface area contributed by atoms with Crippen molar-refractivity contribution >= 4 is 11.6 Å². The Morgan fingerprint density at radius 3 is 1.91 bits per heavy atom. The van der Waals surface area contributed by atoms with Crippen molar-refractivity contribution in [1.82, 2.24) is 4.98 Å². The van der Waals surface area contributed by atoms with Crippen molar-refractivity contribution in [3.05, 3.63) is 120 Å². The van der Waals surface area contributed by atoms with E-state index in [4.69, 9.17) is 21.3 Å². The van der Waals surface area contributed by atoms with Crippen LogP contribution in [-0.2, 0) is 0 Å². The van der Waals surface area contributed by atoms with Crippen LogP contribution in [0.15, 0.2) is 109 Å². The third-order valence-corrected chi connectivity index (χ3v) is 6.25. The molecule has 0 saturated carbocycles. The van der Waals surface area contributed by atoms with Gasteiger partial charge in [-0.15, -0.1) is 0 Å². The first kappa shape index (κ1) is 21.9. The predicted octanol–water partition coefficient (Wildman–Crippen LogP) is 8.72. The molecule has 0 atom stereocenters. The lowest BCUT2D eigenvalue weighted by atomic mass is 9.93. The third kappa shape index (κ3) is 4.46. The number of aromatic nitrogens is 1. The van der Waals surface area contributed by atoms with Gasteiger partial charge in [-0.25, -0.2) is 0 Å². The van der Waals surface area contributed by atoms with Gasteiger partial charge in [0.1, 0.15) is 5.75 Å². The zero-order chi connectivity index (χ0) is 23.5. The second kappa shape index (κ2) is 9.54. The van der Waals surface area contributed by atoms with Crippen LogP contribution in [0.25, 0.3) is 44.6 Å². The molecule has 0 fully saturated rings. The number of hydrogen-bond donors (Lipinski definition) is 0. The zero-order valence-electron chi connectivity index (χ0n) is 19.1. The maximum absolute atomic E-state index is 6.34. The van der Waals surface area contributed by atoms with Gasteiger partial charge in [-0.1, -0.05) is 90.5 Å². The number of hydrogen-bond acceptors (Lipinski definition) is 2. The molecule has 0 saturated heterocycles. The minimum absolute atomic E-state index is 0.653. The predicted molar refractivity (Wildman–Crippen MR) is 142 cm³/mol. The SMILES string of the molecule is COc1cc(Cl)cc(-c2ccccc2-c2ccc(-c3cc(C)c(-c4ccccc4)cn3)cc2)c1. The van der Waals surface area contributed by atoms with Crippen LogP contribution >= 0.6 is 11.6 Å². The van der Waals surface area contributed by atoms with Crippen LogP contribution in [-0.4, -0.2) is 12.1 Å². The summed E-state index contributed by atoms with van der Waals surface area (Å²) in [7, 11) is 1.65. The standard InChI is InChI=1S/C31H24ClNO/c1-21-16-31(33-20-30(21)22-8-4-3-5-9-22)24-14-12-23(13-15-24)28-10-6-7-11-29(28)25-17-26(32)19-27(18-25)34-2/h3-20H,1-2H3. The number of ether oxygens (including phenoxy) is 1. The van der Waals surface area contributed by atoms with E-state index in [1.807, 2.05) is 36.5 Å². The Balaban J connectivity index is 1.48. The van der Waals surface area contributed by atoms with E-state index in [-0.39, 0.29) is 0 Å². The molecule has 0 unspecified atom stereocenters. The molecular formula is C31H24ClNO. The summed E-state index contributed by atoms with van der Waals surface area (Å²) in [6, 6.07) is 35.2. The molecule has 0 aliphatic heterocycles. The largest absolute Gasteiger partial charge is 0.497 e.